The predicted octanol–water partition coefficient (Wildman–Crippen LogP) is 7.43. The van der Waals surface area contributed by atoms with Crippen LogP contribution >= 0.6 is 11.3 Å². The Morgan fingerprint density at radius 1 is 1.15 bits per heavy atom. The predicted molar refractivity (Wildman–Crippen MR) is 135 cm³/mol. The number of ether oxygens (including phenoxy) is 1. The molecule has 0 bridgehead atoms. The Bertz CT molecular complexity index is 1280. The van der Waals surface area contributed by atoms with Gasteiger partial charge < -0.3 is 10.5 Å². The van der Waals surface area contributed by atoms with Crippen molar-refractivity contribution in [3.63, 3.8) is 0 Å². The molecule has 2 N–H and O–H groups in total. The number of nitrogens with two attached hydrogens (primary N) is 1. The van der Waals surface area contributed by atoms with Crippen molar-refractivity contribution < 1.29 is 9.13 Å². The molecule has 0 unspecified atom stereocenters. The number of hydrogen-bond donors (Lipinski definition) is 1. The van der Waals surface area contributed by atoms with E-state index in [2.05, 4.69) is 29.0 Å². The number of halogens is 1. The second-order valence-corrected chi connectivity index (χ2v) is 10.3. The number of anilines is 1. The van der Waals surface area contributed by atoms with Gasteiger partial charge in [0.25, 0.3) is 0 Å². The topological polar surface area (TPSA) is 61.0 Å². The Morgan fingerprint density at radius 2 is 1.97 bits per heavy atom. The van der Waals surface area contributed by atoms with Crippen molar-refractivity contribution in [3.05, 3.63) is 59.5 Å². The number of pyridine rings is 1. The monoisotopic (exact) mass is 463 g/mol. The molecule has 0 radical (unpaired) electrons. The first kappa shape index (κ1) is 22.1. The van der Waals surface area contributed by atoms with Gasteiger partial charge in [-0.15, -0.1) is 0 Å². The van der Waals surface area contributed by atoms with Gasteiger partial charge in [-0.3, -0.25) is 4.98 Å². The number of fused-ring (bicyclic) bond motifs is 2. The molecule has 2 heterocycles. The van der Waals surface area contributed by atoms with Crippen LogP contribution in [-0.4, -0.2) is 17.1 Å². The van der Waals surface area contributed by atoms with E-state index in [1.807, 2.05) is 12.3 Å². The molecule has 0 aliphatic heterocycles. The Labute approximate surface area is 198 Å². The molecule has 5 rings (SSSR count). The second kappa shape index (κ2) is 9.26. The summed E-state index contributed by atoms with van der Waals surface area (Å²) in [5.41, 5.74) is 10.5. The van der Waals surface area contributed by atoms with Crippen molar-refractivity contribution in [2.75, 3.05) is 12.8 Å². The molecule has 4 aromatic rings. The van der Waals surface area contributed by atoms with Crippen LogP contribution in [0.15, 0.2) is 42.6 Å². The van der Waals surface area contributed by atoms with Gasteiger partial charge in [-0.2, -0.15) is 0 Å². The molecular weight excluding hydrogens is 433 g/mol. The normalized spacial score (nSPS) is 19.7. The largest absolute Gasteiger partial charge is 0.497 e. The average molecular weight is 464 g/mol. The summed E-state index contributed by atoms with van der Waals surface area (Å²) in [6.07, 6.45) is 8.71. The van der Waals surface area contributed by atoms with E-state index in [1.54, 1.807) is 19.2 Å². The molecule has 1 fully saturated rings. The first-order valence-corrected chi connectivity index (χ1v) is 12.7. The highest BCUT2D eigenvalue weighted by Crippen LogP contribution is 2.44. The third kappa shape index (κ3) is 4.41. The Kier molecular flexibility index (Phi) is 6.19. The molecule has 1 aliphatic carbocycles. The minimum Gasteiger partial charge on any atom is -0.497 e. The number of methoxy groups -OCH3 is 1. The summed E-state index contributed by atoms with van der Waals surface area (Å²) in [6, 6.07) is 11.2. The smallest absolute Gasteiger partial charge is 0.181 e. The van der Waals surface area contributed by atoms with E-state index in [1.165, 1.54) is 41.4 Å². The lowest BCUT2D eigenvalue weighted by molar-refractivity contribution is 0.292. The molecule has 0 amide bonds. The summed E-state index contributed by atoms with van der Waals surface area (Å²) >= 11 is 1.52. The Morgan fingerprint density at radius 3 is 2.73 bits per heavy atom. The Hall–Kier alpha value is -2.73. The van der Waals surface area contributed by atoms with E-state index in [9.17, 15) is 4.39 Å². The molecule has 2 aromatic carbocycles. The van der Waals surface area contributed by atoms with Gasteiger partial charge in [-0.1, -0.05) is 18.3 Å². The highest BCUT2D eigenvalue weighted by Gasteiger charge is 2.27. The Balaban J connectivity index is 1.33. The fourth-order valence-corrected chi connectivity index (χ4v) is 6.39. The van der Waals surface area contributed by atoms with E-state index in [0.717, 1.165) is 52.6 Å². The van der Waals surface area contributed by atoms with Gasteiger partial charge in [0, 0.05) is 11.6 Å². The first-order valence-electron chi connectivity index (χ1n) is 11.8. The molecule has 33 heavy (non-hydrogen) atoms. The number of rotatable bonds is 6. The van der Waals surface area contributed by atoms with Crippen LogP contribution in [0.2, 0.25) is 0 Å². The van der Waals surface area contributed by atoms with Crippen molar-refractivity contribution >= 4 is 37.6 Å². The number of nitrogens with zero attached hydrogens (tertiary/aromatic N) is 2. The molecule has 1 aliphatic rings. The maximum atomic E-state index is 13.9. The quantitative estimate of drug-likeness (QED) is 0.323. The molecule has 6 heteroatoms. The van der Waals surface area contributed by atoms with Crippen molar-refractivity contribution in [3.8, 4) is 5.75 Å². The van der Waals surface area contributed by atoms with Gasteiger partial charge in [0.15, 0.2) is 5.13 Å². The van der Waals surface area contributed by atoms with Crippen molar-refractivity contribution in [2.45, 2.75) is 57.3 Å². The van der Waals surface area contributed by atoms with Gasteiger partial charge in [-0.05, 0) is 104 Å². The van der Waals surface area contributed by atoms with Crippen LogP contribution in [-0.2, 0) is 0 Å². The van der Waals surface area contributed by atoms with E-state index in [4.69, 9.17) is 10.5 Å². The first-order chi connectivity index (χ1) is 16.1. The molecule has 1 atom stereocenters. The molecule has 1 saturated carbocycles. The molecule has 0 saturated heterocycles. The SMILES string of the molecule is CC[C@H](CC1CCC(c2ccnc3ccc(F)cc23)CC1)c1cc(OC)cc2sc(N)nc12. The fraction of sp³-hybridized carbons (Fsp3) is 0.407. The minimum absolute atomic E-state index is 0.191. The van der Waals surface area contributed by atoms with Gasteiger partial charge in [-0.25, -0.2) is 9.37 Å². The maximum Gasteiger partial charge on any atom is 0.181 e. The van der Waals surface area contributed by atoms with E-state index >= 15 is 0 Å². The average Bonchev–Trinajstić information content (AvgIpc) is 3.22. The van der Waals surface area contributed by atoms with Crippen molar-refractivity contribution in [2.24, 2.45) is 5.92 Å². The summed E-state index contributed by atoms with van der Waals surface area (Å²) in [7, 11) is 1.71. The van der Waals surface area contributed by atoms with Crippen LogP contribution in [0.5, 0.6) is 5.75 Å². The highest BCUT2D eigenvalue weighted by atomic mass is 32.1. The van der Waals surface area contributed by atoms with Crippen LogP contribution in [0, 0.1) is 11.7 Å². The lowest BCUT2D eigenvalue weighted by Gasteiger charge is -2.31. The standard InChI is InChI=1S/C27H30FN3OS/c1-3-17(22-14-20(32-2)15-25-26(22)31-27(29)33-25)12-16-4-6-18(7-5-16)21-10-11-30-24-9-8-19(28)13-23(21)24/h8-11,13-18H,3-7,12H2,1-2H3,(H2,29,31)/t16?,17-,18?/m1/s1. The number of nitrogen functional groups attached to an aromatic ring is 1. The number of benzene rings is 2. The van der Waals surface area contributed by atoms with Crippen LogP contribution in [0.4, 0.5) is 9.52 Å². The van der Waals surface area contributed by atoms with Gasteiger partial charge >= 0.3 is 0 Å². The molecule has 4 nitrogen and oxygen atoms in total. The molecule has 0 spiro atoms. The second-order valence-electron chi connectivity index (χ2n) is 9.24. The summed E-state index contributed by atoms with van der Waals surface area (Å²) in [4.78, 5) is 9.07. The maximum absolute atomic E-state index is 13.9. The van der Waals surface area contributed by atoms with Gasteiger partial charge in [0.2, 0.25) is 0 Å². The van der Waals surface area contributed by atoms with Crippen molar-refractivity contribution in [1.29, 1.82) is 0 Å². The summed E-state index contributed by atoms with van der Waals surface area (Å²) < 4.78 is 20.6. The summed E-state index contributed by atoms with van der Waals surface area (Å²) in [6.45, 7) is 2.26. The fourth-order valence-electron chi connectivity index (χ4n) is 5.60. The van der Waals surface area contributed by atoms with Crippen molar-refractivity contribution in [1.82, 2.24) is 9.97 Å². The molecule has 172 valence electrons. The third-order valence-electron chi connectivity index (χ3n) is 7.32. The van der Waals surface area contributed by atoms with Crippen LogP contribution in [0.3, 0.4) is 0 Å². The van der Waals surface area contributed by atoms with Crippen LogP contribution in [0.25, 0.3) is 21.1 Å². The van der Waals surface area contributed by atoms with Crippen LogP contribution < -0.4 is 10.5 Å². The number of hydrogen-bond acceptors (Lipinski definition) is 5. The zero-order valence-corrected chi connectivity index (χ0v) is 20.0. The zero-order valence-electron chi connectivity index (χ0n) is 19.2. The highest BCUT2D eigenvalue weighted by molar-refractivity contribution is 7.22. The number of thiazole rings is 1. The lowest BCUT2D eigenvalue weighted by Crippen LogP contribution is -2.16. The molecule has 2 aromatic heterocycles. The zero-order chi connectivity index (χ0) is 22.9. The van der Waals surface area contributed by atoms with E-state index in [0.29, 0.717) is 22.9 Å². The number of aromatic nitrogens is 2. The minimum atomic E-state index is -0.191. The summed E-state index contributed by atoms with van der Waals surface area (Å²) in [5.74, 6) is 2.26. The van der Waals surface area contributed by atoms with Crippen LogP contribution in [0.1, 0.15) is 68.4 Å². The lowest BCUT2D eigenvalue weighted by atomic mass is 9.74. The summed E-state index contributed by atoms with van der Waals surface area (Å²) in [5, 5.41) is 1.57. The van der Waals surface area contributed by atoms with E-state index in [-0.39, 0.29) is 5.82 Å². The molecular formula is C27H30FN3OS. The van der Waals surface area contributed by atoms with Gasteiger partial charge in [0.1, 0.15) is 11.6 Å². The van der Waals surface area contributed by atoms with Gasteiger partial charge in [0.05, 0.1) is 22.8 Å². The third-order valence-corrected chi connectivity index (χ3v) is 8.16. The van der Waals surface area contributed by atoms with E-state index < -0.39 is 0 Å².